The van der Waals surface area contributed by atoms with Crippen molar-refractivity contribution in [3.8, 4) is 0 Å². The number of imidazole rings is 1. The van der Waals surface area contributed by atoms with Gasteiger partial charge in [-0.1, -0.05) is 0 Å². The van der Waals surface area contributed by atoms with Crippen LogP contribution in [0, 0.1) is 0 Å². The van der Waals surface area contributed by atoms with Crippen molar-refractivity contribution < 1.29 is 8.42 Å². The molecule has 0 aliphatic rings. The number of nitrogens with zero attached hydrogens (tertiary/aromatic N) is 1. The maximum absolute atomic E-state index is 11.2. The van der Waals surface area contributed by atoms with Crippen LogP contribution in [0.2, 0.25) is 0 Å². The molecule has 0 saturated heterocycles. The van der Waals surface area contributed by atoms with Crippen LogP contribution < -0.4 is 16.2 Å². The number of hydrogen-bond donors (Lipinski definition) is 4. The van der Waals surface area contributed by atoms with Gasteiger partial charge < -0.3 is 16.0 Å². The number of nitrogens with one attached hydrogen (secondary N) is 2. The van der Waals surface area contributed by atoms with Crippen LogP contribution >= 0.6 is 0 Å². The number of nitrogens with two attached hydrogens (primary N) is 2. The van der Waals surface area contributed by atoms with Crippen LogP contribution in [-0.2, 0) is 16.4 Å². The molecule has 0 atom stereocenters. The van der Waals surface area contributed by atoms with Crippen molar-refractivity contribution in [3.63, 3.8) is 0 Å². The van der Waals surface area contributed by atoms with Gasteiger partial charge in [0, 0.05) is 25.4 Å². The van der Waals surface area contributed by atoms with Gasteiger partial charge in [-0.2, -0.15) is 0 Å². The van der Waals surface area contributed by atoms with Crippen LogP contribution in [0.5, 0.6) is 0 Å². The summed E-state index contributed by atoms with van der Waals surface area (Å²) < 4.78 is 22.3. The van der Waals surface area contributed by atoms with Gasteiger partial charge in [0.25, 0.3) is 0 Å². The van der Waals surface area contributed by atoms with E-state index in [1.807, 2.05) is 0 Å². The molecule has 7 nitrogen and oxygen atoms in total. The van der Waals surface area contributed by atoms with Crippen molar-refractivity contribution in [2.24, 2.45) is 5.14 Å². The molecule has 1 heterocycles. The SMILES string of the molecule is Nc1cc(S(N)(=O)=O)ccc1NCCc1ncc[nH]1. The van der Waals surface area contributed by atoms with E-state index in [9.17, 15) is 8.42 Å². The molecule has 0 aliphatic carbocycles. The molecule has 0 unspecified atom stereocenters. The normalized spacial score (nSPS) is 11.4. The maximum Gasteiger partial charge on any atom is 0.238 e. The fraction of sp³-hybridized carbons (Fsp3) is 0.182. The zero-order valence-electron chi connectivity index (χ0n) is 10.1. The molecule has 0 bridgehead atoms. The monoisotopic (exact) mass is 281 g/mol. The number of hydrogen-bond acceptors (Lipinski definition) is 5. The summed E-state index contributed by atoms with van der Waals surface area (Å²) in [6, 6.07) is 4.35. The third-order valence-electron chi connectivity index (χ3n) is 2.58. The molecular weight excluding hydrogens is 266 g/mol. The molecule has 0 aliphatic heterocycles. The van der Waals surface area contributed by atoms with Gasteiger partial charge >= 0.3 is 0 Å². The van der Waals surface area contributed by atoms with Crippen molar-refractivity contribution in [3.05, 3.63) is 36.4 Å². The zero-order chi connectivity index (χ0) is 13.9. The lowest BCUT2D eigenvalue weighted by atomic mass is 10.2. The molecule has 8 heteroatoms. The van der Waals surface area contributed by atoms with Crippen molar-refractivity contribution in [1.29, 1.82) is 0 Å². The van der Waals surface area contributed by atoms with Crippen molar-refractivity contribution in [2.75, 3.05) is 17.6 Å². The van der Waals surface area contributed by atoms with Gasteiger partial charge in [-0.05, 0) is 18.2 Å². The molecule has 2 rings (SSSR count). The lowest BCUT2D eigenvalue weighted by Gasteiger charge is -2.09. The summed E-state index contributed by atoms with van der Waals surface area (Å²) in [4.78, 5) is 7.08. The predicted molar refractivity (Wildman–Crippen MR) is 73.0 cm³/mol. The Hall–Kier alpha value is -2.06. The molecule has 0 amide bonds. The average Bonchev–Trinajstić information content (AvgIpc) is 2.83. The molecule has 1 aromatic carbocycles. The van der Waals surface area contributed by atoms with Crippen molar-refractivity contribution in [2.45, 2.75) is 11.3 Å². The van der Waals surface area contributed by atoms with Gasteiger partial charge in [0.2, 0.25) is 10.0 Å². The highest BCUT2D eigenvalue weighted by atomic mass is 32.2. The smallest absolute Gasteiger partial charge is 0.238 e. The first-order valence-corrected chi connectivity index (χ1v) is 7.16. The van der Waals surface area contributed by atoms with Crippen molar-refractivity contribution in [1.82, 2.24) is 9.97 Å². The Labute approximate surface area is 111 Å². The Kier molecular flexibility index (Phi) is 3.72. The fourth-order valence-electron chi connectivity index (χ4n) is 1.63. The molecule has 0 radical (unpaired) electrons. The minimum absolute atomic E-state index is 0.00147. The molecule has 19 heavy (non-hydrogen) atoms. The second-order valence-corrected chi connectivity index (χ2v) is 5.57. The quantitative estimate of drug-likeness (QED) is 0.586. The Morgan fingerprint density at radius 2 is 2.16 bits per heavy atom. The largest absolute Gasteiger partial charge is 0.397 e. The second kappa shape index (κ2) is 5.29. The number of nitrogen functional groups attached to an aromatic ring is 1. The number of sulfonamides is 1. The Morgan fingerprint density at radius 3 is 2.74 bits per heavy atom. The first-order valence-electron chi connectivity index (χ1n) is 5.61. The van der Waals surface area contributed by atoms with E-state index < -0.39 is 10.0 Å². The van der Waals surface area contributed by atoms with Crippen LogP contribution in [0.4, 0.5) is 11.4 Å². The molecule has 0 saturated carbocycles. The third-order valence-corrected chi connectivity index (χ3v) is 3.49. The number of H-pyrrole nitrogens is 1. The zero-order valence-corrected chi connectivity index (χ0v) is 10.9. The Bertz CT molecular complexity index is 652. The van der Waals surface area contributed by atoms with Gasteiger partial charge in [0.1, 0.15) is 5.82 Å². The average molecular weight is 281 g/mol. The number of rotatable bonds is 5. The summed E-state index contributed by atoms with van der Waals surface area (Å²) >= 11 is 0. The maximum atomic E-state index is 11.2. The van der Waals surface area contributed by atoms with Crippen LogP contribution in [0.3, 0.4) is 0 Å². The first-order chi connectivity index (χ1) is 8.97. The highest BCUT2D eigenvalue weighted by Gasteiger charge is 2.09. The summed E-state index contributed by atoms with van der Waals surface area (Å²) in [5, 5.41) is 8.13. The van der Waals surface area contributed by atoms with Gasteiger partial charge in [-0.25, -0.2) is 18.5 Å². The standard InChI is InChI=1S/C11H15N5O2S/c12-9-7-8(19(13,17)18)1-2-10(9)14-4-3-11-15-5-6-16-11/h1-2,5-7,14H,3-4,12H2,(H,15,16)(H2,13,17,18). The molecule has 0 fully saturated rings. The van der Waals surface area contributed by atoms with E-state index in [1.165, 1.54) is 12.1 Å². The highest BCUT2D eigenvalue weighted by molar-refractivity contribution is 7.89. The summed E-state index contributed by atoms with van der Waals surface area (Å²) in [5.41, 5.74) is 6.78. The molecule has 2 aromatic rings. The summed E-state index contributed by atoms with van der Waals surface area (Å²) in [5.74, 6) is 0.868. The number of anilines is 2. The minimum atomic E-state index is -3.72. The van der Waals surface area contributed by atoms with Gasteiger partial charge in [0.15, 0.2) is 0 Å². The van der Waals surface area contributed by atoms with Gasteiger partial charge in [0.05, 0.1) is 16.3 Å². The molecular formula is C11H15N5O2S. The van der Waals surface area contributed by atoms with Crippen LogP contribution in [0.1, 0.15) is 5.82 Å². The van der Waals surface area contributed by atoms with E-state index >= 15 is 0 Å². The second-order valence-electron chi connectivity index (χ2n) is 4.01. The van der Waals surface area contributed by atoms with Gasteiger partial charge in [-0.15, -0.1) is 0 Å². The summed E-state index contributed by atoms with van der Waals surface area (Å²) in [6.45, 7) is 0.631. The number of aromatic nitrogens is 2. The number of primary sulfonamides is 1. The van der Waals surface area contributed by atoms with Crippen LogP contribution in [0.15, 0.2) is 35.5 Å². The van der Waals surface area contributed by atoms with E-state index in [1.54, 1.807) is 18.5 Å². The van der Waals surface area contributed by atoms with Gasteiger partial charge in [-0.3, -0.25) is 0 Å². The first kappa shape index (κ1) is 13.4. The Balaban J connectivity index is 2.01. The fourth-order valence-corrected chi connectivity index (χ4v) is 2.18. The number of aromatic amines is 1. The summed E-state index contributed by atoms with van der Waals surface area (Å²) in [6.07, 6.45) is 4.15. The van der Waals surface area contributed by atoms with Crippen LogP contribution in [0.25, 0.3) is 0 Å². The predicted octanol–water partition coefficient (Wildman–Crippen LogP) is 0.294. The molecule has 102 valence electrons. The van der Waals surface area contributed by atoms with E-state index in [4.69, 9.17) is 10.9 Å². The van der Waals surface area contributed by atoms with E-state index in [-0.39, 0.29) is 4.90 Å². The number of benzene rings is 1. The third kappa shape index (κ3) is 3.46. The lowest BCUT2D eigenvalue weighted by Crippen LogP contribution is -2.13. The summed E-state index contributed by atoms with van der Waals surface area (Å²) in [7, 11) is -3.72. The molecule has 1 aromatic heterocycles. The van der Waals surface area contributed by atoms with E-state index in [0.29, 0.717) is 24.3 Å². The topological polar surface area (TPSA) is 127 Å². The van der Waals surface area contributed by atoms with Crippen molar-refractivity contribution >= 4 is 21.4 Å². The van der Waals surface area contributed by atoms with E-state index in [0.717, 1.165) is 5.82 Å². The Morgan fingerprint density at radius 1 is 1.37 bits per heavy atom. The molecule has 0 spiro atoms. The lowest BCUT2D eigenvalue weighted by molar-refractivity contribution is 0.598. The van der Waals surface area contributed by atoms with E-state index in [2.05, 4.69) is 15.3 Å². The highest BCUT2D eigenvalue weighted by Crippen LogP contribution is 2.21. The van der Waals surface area contributed by atoms with Crippen LogP contribution in [-0.4, -0.2) is 24.9 Å². The molecule has 6 N–H and O–H groups in total. The minimum Gasteiger partial charge on any atom is -0.397 e.